The van der Waals surface area contributed by atoms with Crippen molar-refractivity contribution in [2.45, 2.75) is 64.5 Å². The van der Waals surface area contributed by atoms with Crippen LogP contribution >= 0.6 is 0 Å². The minimum absolute atomic E-state index is 0.321. The highest BCUT2D eigenvalue weighted by Gasteiger charge is 2.20. The van der Waals surface area contributed by atoms with Crippen molar-refractivity contribution in [3.8, 4) is 0 Å². The lowest BCUT2D eigenvalue weighted by Gasteiger charge is -2.35. The zero-order chi connectivity index (χ0) is 13.7. The van der Waals surface area contributed by atoms with Gasteiger partial charge in [0.25, 0.3) is 0 Å². The zero-order valence-electron chi connectivity index (χ0n) is 12.3. The third kappa shape index (κ3) is 3.50. The lowest BCUT2D eigenvalue weighted by molar-refractivity contribution is 0.173. The summed E-state index contributed by atoms with van der Waals surface area (Å²) in [6.45, 7) is 5.32. The van der Waals surface area contributed by atoms with Gasteiger partial charge in [-0.1, -0.05) is 38.3 Å². The molecule has 2 nitrogen and oxygen atoms in total. The third-order valence-corrected chi connectivity index (χ3v) is 4.35. The third-order valence-electron chi connectivity index (χ3n) is 4.35. The highest BCUT2D eigenvalue weighted by molar-refractivity contribution is 5.49. The van der Waals surface area contributed by atoms with Gasteiger partial charge in [-0.05, 0) is 43.9 Å². The lowest BCUT2D eigenvalue weighted by Crippen LogP contribution is -2.36. The molecule has 1 aliphatic rings. The Morgan fingerprint density at radius 2 is 1.74 bits per heavy atom. The van der Waals surface area contributed by atoms with Crippen molar-refractivity contribution in [2.75, 3.05) is 11.4 Å². The van der Waals surface area contributed by atoms with Gasteiger partial charge in [0.05, 0.1) is 6.10 Å². The number of aliphatic hydroxyl groups is 1. The fourth-order valence-electron chi connectivity index (χ4n) is 3.17. The summed E-state index contributed by atoms with van der Waals surface area (Å²) >= 11 is 0. The first-order chi connectivity index (χ1) is 9.26. The van der Waals surface area contributed by atoms with Crippen LogP contribution in [0.25, 0.3) is 0 Å². The van der Waals surface area contributed by atoms with Crippen LogP contribution in [0.2, 0.25) is 0 Å². The summed E-state index contributed by atoms with van der Waals surface area (Å²) in [5.74, 6) is 0. The van der Waals surface area contributed by atoms with Crippen LogP contribution in [0, 0.1) is 0 Å². The first kappa shape index (κ1) is 14.4. The normalized spacial score (nSPS) is 18.3. The molecule has 0 spiro atoms. The first-order valence-electron chi connectivity index (χ1n) is 7.81. The smallest absolute Gasteiger partial charge is 0.0787 e. The first-order valence-corrected chi connectivity index (χ1v) is 7.81. The molecular weight excluding hydrogens is 234 g/mol. The van der Waals surface area contributed by atoms with Gasteiger partial charge in [0.15, 0.2) is 0 Å². The summed E-state index contributed by atoms with van der Waals surface area (Å²) in [6.07, 6.45) is 7.25. The van der Waals surface area contributed by atoms with Gasteiger partial charge in [-0.3, -0.25) is 0 Å². The number of aliphatic hydroxyl groups excluding tert-OH is 1. The second-order valence-electron chi connectivity index (χ2n) is 5.59. The predicted molar refractivity (Wildman–Crippen MR) is 81.6 cm³/mol. The Morgan fingerprint density at radius 3 is 2.26 bits per heavy atom. The number of hydrogen-bond donors (Lipinski definition) is 1. The summed E-state index contributed by atoms with van der Waals surface area (Å²) in [4.78, 5) is 2.53. The maximum Gasteiger partial charge on any atom is 0.0787 e. The fourth-order valence-corrected chi connectivity index (χ4v) is 3.17. The van der Waals surface area contributed by atoms with Gasteiger partial charge in [-0.2, -0.15) is 0 Å². The van der Waals surface area contributed by atoms with Crippen LogP contribution in [-0.2, 0) is 0 Å². The molecule has 1 N–H and O–H groups in total. The largest absolute Gasteiger partial charge is 0.388 e. The van der Waals surface area contributed by atoms with Crippen molar-refractivity contribution >= 4 is 5.69 Å². The Hall–Kier alpha value is -1.02. The molecule has 1 aliphatic carbocycles. The van der Waals surface area contributed by atoms with Gasteiger partial charge < -0.3 is 10.0 Å². The van der Waals surface area contributed by atoms with E-state index in [9.17, 15) is 5.11 Å². The number of nitrogens with zero attached hydrogens (tertiary/aromatic N) is 1. The van der Waals surface area contributed by atoms with Gasteiger partial charge in [0.1, 0.15) is 0 Å². The second kappa shape index (κ2) is 6.95. The van der Waals surface area contributed by atoms with E-state index in [0.29, 0.717) is 6.04 Å². The molecule has 0 bridgehead atoms. The van der Waals surface area contributed by atoms with Crippen molar-refractivity contribution in [3.05, 3.63) is 29.8 Å². The van der Waals surface area contributed by atoms with Crippen molar-refractivity contribution in [1.29, 1.82) is 0 Å². The SMILES string of the molecule is CC[C@H](O)c1ccc(N(CC)C2CCCCC2)cc1. The average Bonchev–Trinajstić information content (AvgIpc) is 2.49. The summed E-state index contributed by atoms with van der Waals surface area (Å²) in [5.41, 5.74) is 2.34. The number of anilines is 1. The van der Waals surface area contributed by atoms with E-state index in [-0.39, 0.29) is 6.10 Å². The molecule has 0 heterocycles. The number of rotatable bonds is 5. The molecule has 0 aromatic heterocycles. The minimum atomic E-state index is -0.321. The minimum Gasteiger partial charge on any atom is -0.388 e. The Balaban J connectivity index is 2.09. The molecule has 1 aromatic rings. The average molecular weight is 261 g/mol. The van der Waals surface area contributed by atoms with E-state index in [1.54, 1.807) is 0 Å². The molecule has 2 heteroatoms. The monoisotopic (exact) mass is 261 g/mol. The molecule has 1 atom stereocenters. The van der Waals surface area contributed by atoms with E-state index >= 15 is 0 Å². The summed E-state index contributed by atoms with van der Waals surface area (Å²) in [6, 6.07) is 9.21. The van der Waals surface area contributed by atoms with Gasteiger partial charge in [0, 0.05) is 18.3 Å². The van der Waals surface area contributed by atoms with Crippen molar-refractivity contribution in [2.24, 2.45) is 0 Å². The predicted octanol–water partition coefficient (Wildman–Crippen LogP) is 4.29. The Kier molecular flexibility index (Phi) is 5.26. The maximum atomic E-state index is 9.85. The number of hydrogen-bond acceptors (Lipinski definition) is 2. The number of benzene rings is 1. The molecule has 2 rings (SSSR count). The Bertz CT molecular complexity index is 367. The second-order valence-corrected chi connectivity index (χ2v) is 5.59. The molecule has 106 valence electrons. The highest BCUT2D eigenvalue weighted by atomic mass is 16.3. The van der Waals surface area contributed by atoms with Crippen LogP contribution in [0.15, 0.2) is 24.3 Å². The van der Waals surface area contributed by atoms with Crippen molar-refractivity contribution < 1.29 is 5.11 Å². The summed E-state index contributed by atoms with van der Waals surface area (Å²) in [5, 5.41) is 9.85. The van der Waals surface area contributed by atoms with Gasteiger partial charge in [-0.25, -0.2) is 0 Å². The van der Waals surface area contributed by atoms with Crippen molar-refractivity contribution in [3.63, 3.8) is 0 Å². The van der Waals surface area contributed by atoms with Gasteiger partial charge in [-0.15, -0.1) is 0 Å². The summed E-state index contributed by atoms with van der Waals surface area (Å²) < 4.78 is 0. The van der Waals surface area contributed by atoms with Crippen LogP contribution in [0.5, 0.6) is 0 Å². The zero-order valence-corrected chi connectivity index (χ0v) is 12.3. The van der Waals surface area contributed by atoms with Crippen molar-refractivity contribution in [1.82, 2.24) is 0 Å². The fraction of sp³-hybridized carbons (Fsp3) is 0.647. The molecule has 0 amide bonds. The van der Waals surface area contributed by atoms with E-state index in [1.807, 2.05) is 6.92 Å². The Morgan fingerprint density at radius 1 is 1.11 bits per heavy atom. The van der Waals surface area contributed by atoms with Crippen LogP contribution in [-0.4, -0.2) is 17.7 Å². The van der Waals surface area contributed by atoms with Crippen LogP contribution < -0.4 is 4.90 Å². The van der Waals surface area contributed by atoms with Crippen LogP contribution in [0.3, 0.4) is 0 Å². The summed E-state index contributed by atoms with van der Waals surface area (Å²) in [7, 11) is 0. The molecular formula is C17H27NO. The molecule has 1 saturated carbocycles. The molecule has 0 aliphatic heterocycles. The van der Waals surface area contributed by atoms with E-state index in [0.717, 1.165) is 18.5 Å². The Labute approximate surface area is 117 Å². The topological polar surface area (TPSA) is 23.5 Å². The molecule has 0 unspecified atom stereocenters. The maximum absolute atomic E-state index is 9.85. The highest BCUT2D eigenvalue weighted by Crippen LogP contribution is 2.28. The molecule has 19 heavy (non-hydrogen) atoms. The van der Waals surface area contributed by atoms with Crippen LogP contribution in [0.1, 0.15) is 64.0 Å². The lowest BCUT2D eigenvalue weighted by atomic mass is 9.93. The van der Waals surface area contributed by atoms with E-state index in [2.05, 4.69) is 36.1 Å². The van der Waals surface area contributed by atoms with Gasteiger partial charge >= 0.3 is 0 Å². The molecule has 1 aromatic carbocycles. The molecule has 0 radical (unpaired) electrons. The van der Waals surface area contributed by atoms with Gasteiger partial charge in [0.2, 0.25) is 0 Å². The molecule has 1 fully saturated rings. The van der Waals surface area contributed by atoms with E-state index < -0.39 is 0 Å². The standard InChI is InChI=1S/C17H27NO/c1-3-17(19)14-10-12-16(13-11-14)18(4-2)15-8-6-5-7-9-15/h10-13,15,17,19H,3-9H2,1-2H3/t17-/m0/s1. The van der Waals surface area contributed by atoms with E-state index in [4.69, 9.17) is 0 Å². The van der Waals surface area contributed by atoms with E-state index in [1.165, 1.54) is 37.8 Å². The quantitative estimate of drug-likeness (QED) is 0.854. The van der Waals surface area contributed by atoms with Crippen LogP contribution in [0.4, 0.5) is 5.69 Å². The molecule has 0 saturated heterocycles.